The van der Waals surface area contributed by atoms with Crippen LogP contribution in [0.1, 0.15) is 26.0 Å². The van der Waals surface area contributed by atoms with Crippen LogP contribution >= 0.6 is 0 Å². The molecule has 3 N–H and O–H groups in total. The van der Waals surface area contributed by atoms with Crippen molar-refractivity contribution in [2.45, 2.75) is 45.4 Å². The fourth-order valence-corrected chi connectivity index (χ4v) is 3.29. The molecule has 0 radical (unpaired) electrons. The molecule has 3 unspecified atom stereocenters. The number of hydrogen-bond donors (Lipinski definition) is 2. The SMILES string of the molecule is CCn1nc(CC(NN)C2COC(C)C2)c2ccccc21. The minimum Gasteiger partial charge on any atom is -0.378 e. The second-order valence-electron chi connectivity index (χ2n) is 5.90. The highest BCUT2D eigenvalue weighted by Crippen LogP contribution is 2.26. The number of nitrogens with one attached hydrogen (secondary N) is 1. The van der Waals surface area contributed by atoms with Crippen LogP contribution in [0.2, 0.25) is 0 Å². The van der Waals surface area contributed by atoms with Crippen molar-refractivity contribution in [3.63, 3.8) is 0 Å². The molecule has 0 aliphatic carbocycles. The van der Waals surface area contributed by atoms with Gasteiger partial charge in [-0.2, -0.15) is 5.10 Å². The lowest BCUT2D eigenvalue weighted by Gasteiger charge is -2.20. The molecule has 0 spiro atoms. The summed E-state index contributed by atoms with van der Waals surface area (Å²) in [7, 11) is 0. The largest absolute Gasteiger partial charge is 0.378 e. The van der Waals surface area contributed by atoms with Crippen LogP contribution in [-0.2, 0) is 17.7 Å². The van der Waals surface area contributed by atoms with Crippen molar-refractivity contribution in [2.75, 3.05) is 6.61 Å². The Labute approximate surface area is 125 Å². The predicted octanol–water partition coefficient (Wildman–Crippen LogP) is 1.86. The van der Waals surface area contributed by atoms with Gasteiger partial charge in [-0.1, -0.05) is 18.2 Å². The van der Waals surface area contributed by atoms with E-state index in [9.17, 15) is 0 Å². The Kier molecular flexibility index (Phi) is 4.24. The molecule has 5 heteroatoms. The highest BCUT2D eigenvalue weighted by atomic mass is 16.5. The van der Waals surface area contributed by atoms with E-state index in [0.29, 0.717) is 12.0 Å². The average Bonchev–Trinajstić information content (AvgIpc) is 3.09. The molecule has 1 fully saturated rings. The molecular weight excluding hydrogens is 264 g/mol. The van der Waals surface area contributed by atoms with Crippen molar-refractivity contribution in [1.29, 1.82) is 0 Å². The number of hydrogen-bond acceptors (Lipinski definition) is 4. The van der Waals surface area contributed by atoms with E-state index >= 15 is 0 Å². The normalized spacial score (nSPS) is 23.8. The van der Waals surface area contributed by atoms with Gasteiger partial charge in [0.05, 0.1) is 23.9 Å². The van der Waals surface area contributed by atoms with Crippen LogP contribution in [0.5, 0.6) is 0 Å². The molecule has 1 aliphatic rings. The maximum Gasteiger partial charge on any atom is 0.0719 e. The number of ether oxygens (including phenoxy) is 1. The quantitative estimate of drug-likeness (QED) is 0.651. The van der Waals surface area contributed by atoms with Crippen molar-refractivity contribution in [3.05, 3.63) is 30.0 Å². The number of aromatic nitrogens is 2. The van der Waals surface area contributed by atoms with Gasteiger partial charge in [-0.25, -0.2) is 0 Å². The van der Waals surface area contributed by atoms with Crippen LogP contribution in [0.15, 0.2) is 24.3 Å². The van der Waals surface area contributed by atoms with Gasteiger partial charge < -0.3 is 4.74 Å². The number of para-hydroxylation sites is 1. The Morgan fingerprint density at radius 3 is 2.95 bits per heavy atom. The fraction of sp³-hybridized carbons (Fsp3) is 0.562. The summed E-state index contributed by atoms with van der Waals surface area (Å²) in [6.07, 6.45) is 2.22. The van der Waals surface area contributed by atoms with Crippen molar-refractivity contribution in [1.82, 2.24) is 15.2 Å². The first-order valence-electron chi connectivity index (χ1n) is 7.75. The van der Waals surface area contributed by atoms with Gasteiger partial charge in [0.15, 0.2) is 0 Å². The number of nitrogens with zero attached hydrogens (tertiary/aromatic N) is 2. The van der Waals surface area contributed by atoms with Gasteiger partial charge in [-0.15, -0.1) is 0 Å². The van der Waals surface area contributed by atoms with Crippen LogP contribution in [0, 0.1) is 5.92 Å². The van der Waals surface area contributed by atoms with Crippen molar-refractivity contribution in [2.24, 2.45) is 11.8 Å². The van der Waals surface area contributed by atoms with Gasteiger partial charge >= 0.3 is 0 Å². The van der Waals surface area contributed by atoms with Crippen molar-refractivity contribution in [3.8, 4) is 0 Å². The molecule has 1 saturated heterocycles. The van der Waals surface area contributed by atoms with Crippen LogP contribution in [0.25, 0.3) is 10.9 Å². The van der Waals surface area contributed by atoms with Gasteiger partial charge in [0, 0.05) is 30.3 Å². The maximum absolute atomic E-state index is 5.79. The molecule has 0 bridgehead atoms. The topological polar surface area (TPSA) is 65.1 Å². The number of rotatable bonds is 5. The first kappa shape index (κ1) is 14.5. The van der Waals surface area contributed by atoms with E-state index in [1.807, 2.05) is 0 Å². The first-order chi connectivity index (χ1) is 10.2. The predicted molar refractivity (Wildman–Crippen MR) is 83.7 cm³/mol. The van der Waals surface area contributed by atoms with Gasteiger partial charge in [0.25, 0.3) is 0 Å². The standard InChI is InChI=1S/C16H24N4O/c1-3-20-16-7-5-4-6-13(16)15(19-20)9-14(18-17)12-8-11(2)21-10-12/h4-7,11-12,14,18H,3,8-10,17H2,1-2H3. The molecule has 2 heterocycles. The Balaban J connectivity index is 1.86. The Morgan fingerprint density at radius 2 is 2.29 bits per heavy atom. The van der Waals surface area contributed by atoms with E-state index in [1.54, 1.807) is 0 Å². The van der Waals surface area contributed by atoms with Crippen LogP contribution in [0.4, 0.5) is 0 Å². The second-order valence-corrected chi connectivity index (χ2v) is 5.90. The van der Waals surface area contributed by atoms with Gasteiger partial charge in [-0.3, -0.25) is 16.0 Å². The summed E-state index contributed by atoms with van der Waals surface area (Å²) < 4.78 is 7.74. The summed E-state index contributed by atoms with van der Waals surface area (Å²) in [5.74, 6) is 6.24. The van der Waals surface area contributed by atoms with Gasteiger partial charge in [-0.05, 0) is 26.3 Å². The van der Waals surface area contributed by atoms with E-state index in [1.165, 1.54) is 10.9 Å². The third-order valence-corrected chi connectivity index (χ3v) is 4.46. The number of nitrogens with two attached hydrogens (primary N) is 1. The number of benzene rings is 1. The zero-order valence-corrected chi connectivity index (χ0v) is 12.7. The molecule has 5 nitrogen and oxygen atoms in total. The van der Waals surface area contributed by atoms with Gasteiger partial charge in [0.2, 0.25) is 0 Å². The molecule has 21 heavy (non-hydrogen) atoms. The maximum atomic E-state index is 5.79. The van der Waals surface area contributed by atoms with E-state index in [4.69, 9.17) is 15.7 Å². The lowest BCUT2D eigenvalue weighted by Crippen LogP contribution is -2.43. The zero-order valence-electron chi connectivity index (χ0n) is 12.7. The van der Waals surface area contributed by atoms with Crippen LogP contribution < -0.4 is 11.3 Å². The molecule has 0 saturated carbocycles. The third-order valence-electron chi connectivity index (χ3n) is 4.46. The number of hydrazine groups is 1. The summed E-state index contributed by atoms with van der Waals surface area (Å²) in [6.45, 7) is 5.90. The minimum absolute atomic E-state index is 0.207. The summed E-state index contributed by atoms with van der Waals surface area (Å²) in [5.41, 5.74) is 5.29. The van der Waals surface area contributed by atoms with Crippen molar-refractivity contribution >= 4 is 10.9 Å². The Bertz CT molecular complexity index is 609. The molecule has 3 rings (SSSR count). The second kappa shape index (κ2) is 6.13. The number of aryl methyl sites for hydroxylation is 1. The molecule has 114 valence electrons. The van der Waals surface area contributed by atoms with E-state index in [-0.39, 0.29) is 6.04 Å². The van der Waals surface area contributed by atoms with Crippen molar-refractivity contribution < 1.29 is 4.74 Å². The average molecular weight is 288 g/mol. The summed E-state index contributed by atoms with van der Waals surface area (Å²) in [4.78, 5) is 0. The smallest absolute Gasteiger partial charge is 0.0719 e. The molecule has 1 aromatic carbocycles. The summed E-state index contributed by atoms with van der Waals surface area (Å²) in [6, 6.07) is 8.61. The minimum atomic E-state index is 0.207. The van der Waals surface area contributed by atoms with E-state index in [2.05, 4.69) is 48.2 Å². The van der Waals surface area contributed by atoms with E-state index in [0.717, 1.165) is 31.7 Å². The monoisotopic (exact) mass is 288 g/mol. The first-order valence-corrected chi connectivity index (χ1v) is 7.75. The third kappa shape index (κ3) is 2.81. The highest BCUT2D eigenvalue weighted by Gasteiger charge is 2.30. The lowest BCUT2D eigenvalue weighted by atomic mass is 9.93. The Hall–Kier alpha value is -1.43. The van der Waals surface area contributed by atoms with Gasteiger partial charge in [0.1, 0.15) is 0 Å². The fourth-order valence-electron chi connectivity index (χ4n) is 3.29. The molecule has 3 atom stereocenters. The lowest BCUT2D eigenvalue weighted by molar-refractivity contribution is 0.117. The molecular formula is C16H24N4O. The van der Waals surface area contributed by atoms with E-state index < -0.39 is 0 Å². The molecule has 1 aliphatic heterocycles. The highest BCUT2D eigenvalue weighted by molar-refractivity contribution is 5.82. The zero-order chi connectivity index (χ0) is 14.8. The van der Waals surface area contributed by atoms with Crippen LogP contribution in [0.3, 0.4) is 0 Å². The van der Waals surface area contributed by atoms with Crippen LogP contribution in [-0.4, -0.2) is 28.5 Å². The molecule has 0 amide bonds. The Morgan fingerprint density at radius 1 is 1.48 bits per heavy atom. The molecule has 2 aromatic rings. The summed E-state index contributed by atoms with van der Waals surface area (Å²) in [5, 5.41) is 5.99. The number of fused-ring (bicyclic) bond motifs is 1. The molecule has 1 aromatic heterocycles. The summed E-state index contributed by atoms with van der Waals surface area (Å²) >= 11 is 0.